The van der Waals surface area contributed by atoms with Gasteiger partial charge in [-0.15, -0.1) is 0 Å². The van der Waals surface area contributed by atoms with Crippen molar-refractivity contribution in [3.8, 4) is 0 Å². The van der Waals surface area contributed by atoms with E-state index < -0.39 is 5.60 Å². The zero-order chi connectivity index (χ0) is 10.1. The maximum atomic E-state index is 11.3. The van der Waals surface area contributed by atoms with Crippen molar-refractivity contribution < 1.29 is 14.3 Å². The van der Waals surface area contributed by atoms with Crippen LogP contribution in [0.3, 0.4) is 0 Å². The Morgan fingerprint density at radius 3 is 2.46 bits per heavy atom. The molecule has 3 nitrogen and oxygen atoms in total. The first kappa shape index (κ1) is 10.2. The van der Waals surface area contributed by atoms with Crippen LogP contribution in [0, 0.1) is 5.92 Å². The summed E-state index contributed by atoms with van der Waals surface area (Å²) in [7, 11) is 0. The van der Waals surface area contributed by atoms with Crippen LogP contribution < -0.4 is 0 Å². The third-order valence-electron chi connectivity index (χ3n) is 2.81. The maximum absolute atomic E-state index is 11.3. The first-order chi connectivity index (χ1) is 6.00. The second-order valence-electron chi connectivity index (χ2n) is 3.94. The van der Waals surface area contributed by atoms with Gasteiger partial charge in [-0.1, -0.05) is 20.8 Å². The van der Waals surface area contributed by atoms with Gasteiger partial charge in [-0.25, -0.2) is 0 Å². The van der Waals surface area contributed by atoms with Gasteiger partial charge in [-0.05, 0) is 12.3 Å². The molecule has 0 aromatic heterocycles. The Labute approximate surface area is 78.5 Å². The largest absolute Gasteiger partial charge is 0.458 e. The molecule has 1 fully saturated rings. The Hall–Kier alpha value is -0.860. The molecule has 0 saturated carbocycles. The van der Waals surface area contributed by atoms with Crippen molar-refractivity contribution in [3.05, 3.63) is 0 Å². The van der Waals surface area contributed by atoms with E-state index in [1.807, 2.05) is 20.8 Å². The molecule has 0 radical (unpaired) electrons. The van der Waals surface area contributed by atoms with E-state index in [4.69, 9.17) is 4.74 Å². The summed E-state index contributed by atoms with van der Waals surface area (Å²) in [6.07, 6.45) is 1.05. The van der Waals surface area contributed by atoms with Crippen molar-refractivity contribution in [2.24, 2.45) is 5.92 Å². The third kappa shape index (κ3) is 1.90. The molecule has 13 heavy (non-hydrogen) atoms. The van der Waals surface area contributed by atoms with E-state index in [0.29, 0.717) is 12.8 Å². The molecule has 0 N–H and O–H groups in total. The molecule has 1 rings (SSSR count). The Morgan fingerprint density at radius 2 is 2.08 bits per heavy atom. The lowest BCUT2D eigenvalue weighted by Crippen LogP contribution is -2.46. The second-order valence-corrected chi connectivity index (χ2v) is 3.94. The van der Waals surface area contributed by atoms with E-state index in [1.54, 1.807) is 0 Å². The maximum Gasteiger partial charge on any atom is 0.313 e. The number of esters is 1. The predicted molar refractivity (Wildman–Crippen MR) is 48.2 cm³/mol. The summed E-state index contributed by atoms with van der Waals surface area (Å²) in [5.74, 6) is -0.163. The Morgan fingerprint density at radius 1 is 1.46 bits per heavy atom. The van der Waals surface area contributed by atoms with Gasteiger partial charge in [0.15, 0.2) is 0 Å². The molecular formula is C10H16O3. The van der Waals surface area contributed by atoms with Gasteiger partial charge in [0.1, 0.15) is 17.8 Å². The number of hydrogen-bond acceptors (Lipinski definition) is 3. The van der Waals surface area contributed by atoms with Crippen LogP contribution >= 0.6 is 0 Å². The van der Waals surface area contributed by atoms with E-state index in [-0.39, 0.29) is 24.1 Å². The lowest BCUT2D eigenvalue weighted by atomic mass is 9.81. The first-order valence-corrected chi connectivity index (χ1v) is 4.73. The van der Waals surface area contributed by atoms with E-state index >= 15 is 0 Å². The highest BCUT2D eigenvalue weighted by molar-refractivity contribution is 5.98. The van der Waals surface area contributed by atoms with Gasteiger partial charge in [0.2, 0.25) is 0 Å². The number of ether oxygens (including phenoxy) is 1. The first-order valence-electron chi connectivity index (χ1n) is 4.73. The number of hydrogen-bond donors (Lipinski definition) is 0. The van der Waals surface area contributed by atoms with Gasteiger partial charge >= 0.3 is 5.97 Å². The van der Waals surface area contributed by atoms with Crippen molar-refractivity contribution in [2.75, 3.05) is 0 Å². The number of cyclic esters (lactones) is 1. The third-order valence-corrected chi connectivity index (χ3v) is 2.81. The van der Waals surface area contributed by atoms with E-state index in [0.717, 1.165) is 0 Å². The molecule has 1 unspecified atom stereocenters. The molecule has 0 aromatic rings. The zero-order valence-corrected chi connectivity index (χ0v) is 8.42. The Kier molecular flexibility index (Phi) is 2.74. The fraction of sp³-hybridized carbons (Fsp3) is 0.800. The van der Waals surface area contributed by atoms with Crippen LogP contribution in [0.1, 0.15) is 40.0 Å². The Balaban J connectivity index is 2.86. The lowest BCUT2D eigenvalue weighted by molar-refractivity contribution is -0.176. The van der Waals surface area contributed by atoms with Gasteiger partial charge in [-0.3, -0.25) is 9.59 Å². The second kappa shape index (κ2) is 3.48. The molecule has 1 saturated heterocycles. The summed E-state index contributed by atoms with van der Waals surface area (Å²) in [5.41, 5.74) is -0.535. The number of rotatable bonds is 2. The van der Waals surface area contributed by atoms with Crippen molar-refractivity contribution >= 4 is 11.8 Å². The van der Waals surface area contributed by atoms with Crippen LogP contribution in [0.4, 0.5) is 0 Å². The summed E-state index contributed by atoms with van der Waals surface area (Å²) in [5, 5.41) is 0. The fourth-order valence-electron chi connectivity index (χ4n) is 1.78. The van der Waals surface area contributed by atoms with Crippen molar-refractivity contribution in [3.63, 3.8) is 0 Å². The monoisotopic (exact) mass is 184 g/mol. The molecular weight excluding hydrogens is 168 g/mol. The highest BCUT2D eigenvalue weighted by atomic mass is 16.6. The highest BCUT2D eigenvalue weighted by Gasteiger charge is 2.42. The van der Waals surface area contributed by atoms with E-state index in [2.05, 4.69) is 0 Å². The molecule has 0 aliphatic carbocycles. The summed E-state index contributed by atoms with van der Waals surface area (Å²) < 4.78 is 5.30. The normalized spacial score (nSPS) is 29.2. The zero-order valence-electron chi connectivity index (χ0n) is 8.42. The van der Waals surface area contributed by atoms with Crippen molar-refractivity contribution in [1.29, 1.82) is 0 Å². The van der Waals surface area contributed by atoms with Crippen LogP contribution in [0.5, 0.6) is 0 Å². The molecule has 1 heterocycles. The number of ketones is 1. The average molecular weight is 184 g/mol. The SMILES string of the molecule is CCC1(C(C)C)CC(=O)CC(=O)O1. The quantitative estimate of drug-likeness (QED) is 0.484. The lowest BCUT2D eigenvalue weighted by Gasteiger charge is -2.38. The summed E-state index contributed by atoms with van der Waals surface area (Å²) in [6, 6.07) is 0. The topological polar surface area (TPSA) is 43.4 Å². The van der Waals surface area contributed by atoms with Crippen LogP contribution in [-0.4, -0.2) is 17.4 Å². The molecule has 0 amide bonds. The van der Waals surface area contributed by atoms with Crippen LogP contribution in [0.2, 0.25) is 0 Å². The van der Waals surface area contributed by atoms with Crippen LogP contribution in [-0.2, 0) is 14.3 Å². The molecule has 0 bridgehead atoms. The molecule has 0 aromatic carbocycles. The van der Waals surface area contributed by atoms with Crippen LogP contribution in [0.15, 0.2) is 0 Å². The summed E-state index contributed by atoms with van der Waals surface area (Å²) in [6.45, 7) is 5.91. The molecule has 1 aliphatic rings. The molecule has 1 aliphatic heterocycles. The predicted octanol–water partition coefficient (Wildman–Crippen LogP) is 1.70. The van der Waals surface area contributed by atoms with Crippen LogP contribution in [0.25, 0.3) is 0 Å². The van der Waals surface area contributed by atoms with Crippen molar-refractivity contribution in [2.45, 2.75) is 45.6 Å². The standard InChI is InChI=1S/C10H16O3/c1-4-10(7(2)3)6-8(11)5-9(12)13-10/h7H,4-6H2,1-3H3. The minimum Gasteiger partial charge on any atom is -0.458 e. The average Bonchev–Trinajstić information content (AvgIpc) is 2.02. The summed E-state index contributed by atoms with van der Waals surface area (Å²) >= 11 is 0. The van der Waals surface area contributed by atoms with Gasteiger partial charge in [0.05, 0.1) is 0 Å². The van der Waals surface area contributed by atoms with E-state index in [9.17, 15) is 9.59 Å². The smallest absolute Gasteiger partial charge is 0.313 e. The molecule has 3 heteroatoms. The fourth-order valence-corrected chi connectivity index (χ4v) is 1.78. The van der Waals surface area contributed by atoms with Gasteiger partial charge in [0.25, 0.3) is 0 Å². The van der Waals surface area contributed by atoms with Gasteiger partial charge in [-0.2, -0.15) is 0 Å². The minimum atomic E-state index is -0.535. The Bertz CT molecular complexity index is 214. The van der Waals surface area contributed by atoms with Gasteiger partial charge in [0, 0.05) is 6.42 Å². The summed E-state index contributed by atoms with van der Waals surface area (Å²) in [4.78, 5) is 22.4. The number of carbonyl (C=O) groups is 2. The molecule has 1 atom stereocenters. The van der Waals surface area contributed by atoms with Gasteiger partial charge < -0.3 is 4.74 Å². The molecule has 74 valence electrons. The highest BCUT2D eigenvalue weighted by Crippen LogP contribution is 2.33. The van der Waals surface area contributed by atoms with Crippen molar-refractivity contribution in [1.82, 2.24) is 0 Å². The minimum absolute atomic E-state index is 0.00630. The number of carbonyl (C=O) groups excluding carboxylic acids is 2. The number of Topliss-reactive ketones (excluding diaryl/α,β-unsaturated/α-hetero) is 1. The van der Waals surface area contributed by atoms with E-state index in [1.165, 1.54) is 0 Å². The molecule has 0 spiro atoms.